The number of nitrogens with one attached hydrogen (secondary N) is 1. The fourth-order valence-electron chi connectivity index (χ4n) is 3.54. The first kappa shape index (κ1) is 12.6. The Labute approximate surface area is 113 Å². The smallest absolute Gasteiger partial charge is 0.328 e. The molecule has 0 radical (unpaired) electrons. The molecule has 1 aromatic rings. The molecule has 0 saturated carbocycles. The number of benzene rings is 1. The molecule has 1 heterocycles. The van der Waals surface area contributed by atoms with E-state index in [0.29, 0.717) is 0 Å². The van der Waals surface area contributed by atoms with Crippen LogP contribution >= 0.6 is 0 Å². The highest BCUT2D eigenvalue weighted by atomic mass is 16.4. The third-order valence-corrected chi connectivity index (χ3v) is 4.46. The Morgan fingerprint density at radius 2 is 2.00 bits per heavy atom. The highest BCUT2D eigenvalue weighted by Gasteiger charge is 2.48. The van der Waals surface area contributed by atoms with Crippen LogP contribution < -0.4 is 5.32 Å². The summed E-state index contributed by atoms with van der Waals surface area (Å²) in [5.74, 6) is -0.693. The molecule has 1 aliphatic heterocycles. The normalized spacial score (nSPS) is 27.8. The summed E-state index contributed by atoms with van der Waals surface area (Å²) in [6, 6.07) is 8.05. The summed E-state index contributed by atoms with van der Waals surface area (Å²) >= 11 is 0. The van der Waals surface area contributed by atoms with Gasteiger partial charge in [0.25, 0.3) is 0 Å². The minimum Gasteiger partial charge on any atom is -0.480 e. The monoisotopic (exact) mass is 260 g/mol. The summed E-state index contributed by atoms with van der Waals surface area (Å²) in [4.78, 5) is 14.2. The maximum absolute atomic E-state index is 12.1. The predicted octanol–water partition coefficient (Wildman–Crippen LogP) is 1.21. The summed E-state index contributed by atoms with van der Waals surface area (Å²) in [6.45, 7) is 3.36. The van der Waals surface area contributed by atoms with Gasteiger partial charge in [0.15, 0.2) is 0 Å². The van der Waals surface area contributed by atoms with Crippen LogP contribution in [-0.4, -0.2) is 42.2 Å². The maximum atomic E-state index is 12.1. The van der Waals surface area contributed by atoms with Gasteiger partial charge in [-0.2, -0.15) is 0 Å². The van der Waals surface area contributed by atoms with E-state index in [9.17, 15) is 9.90 Å². The molecule has 2 N–H and O–H groups in total. The molecule has 0 amide bonds. The molecule has 0 spiro atoms. The minimum absolute atomic E-state index is 0.693. The Morgan fingerprint density at radius 3 is 2.74 bits per heavy atom. The standard InChI is InChI=1S/C15H20N2O2/c18-14(19)15(17-10-8-16-9-11-17)7-3-5-12-4-1-2-6-13(12)15/h1-2,4,6,16H,3,5,7-11H2,(H,18,19). The van der Waals surface area contributed by atoms with Gasteiger partial charge in [-0.25, -0.2) is 4.79 Å². The van der Waals surface area contributed by atoms with Crippen molar-refractivity contribution < 1.29 is 9.90 Å². The molecule has 1 aromatic carbocycles. The first-order valence-electron chi connectivity index (χ1n) is 7.03. The summed E-state index contributed by atoms with van der Waals surface area (Å²) in [7, 11) is 0. The van der Waals surface area contributed by atoms with Gasteiger partial charge in [0.1, 0.15) is 5.54 Å². The van der Waals surface area contributed by atoms with Crippen molar-refractivity contribution in [2.24, 2.45) is 0 Å². The molecule has 1 aliphatic carbocycles. The van der Waals surface area contributed by atoms with Crippen LogP contribution in [0.15, 0.2) is 24.3 Å². The van der Waals surface area contributed by atoms with Gasteiger partial charge in [-0.3, -0.25) is 4.90 Å². The van der Waals surface area contributed by atoms with Crippen molar-refractivity contribution in [1.82, 2.24) is 10.2 Å². The number of aliphatic carboxylic acids is 1. The van der Waals surface area contributed by atoms with Crippen LogP contribution in [0.3, 0.4) is 0 Å². The molecule has 1 unspecified atom stereocenters. The molecule has 4 nitrogen and oxygen atoms in total. The number of carbonyl (C=O) groups is 1. The van der Waals surface area contributed by atoms with Crippen LogP contribution in [0.5, 0.6) is 0 Å². The van der Waals surface area contributed by atoms with E-state index in [0.717, 1.165) is 51.0 Å². The summed E-state index contributed by atoms with van der Waals surface area (Å²) in [5.41, 5.74) is 1.40. The lowest BCUT2D eigenvalue weighted by atomic mass is 9.75. The second kappa shape index (κ2) is 4.94. The summed E-state index contributed by atoms with van der Waals surface area (Å²) in [6.07, 6.45) is 2.67. The first-order valence-corrected chi connectivity index (χ1v) is 7.03. The van der Waals surface area contributed by atoms with Gasteiger partial charge in [-0.15, -0.1) is 0 Å². The summed E-state index contributed by atoms with van der Waals surface area (Å²) in [5, 5.41) is 13.2. The average molecular weight is 260 g/mol. The largest absolute Gasteiger partial charge is 0.480 e. The number of hydrogen-bond acceptors (Lipinski definition) is 3. The van der Waals surface area contributed by atoms with Crippen LogP contribution in [0, 0.1) is 0 Å². The lowest BCUT2D eigenvalue weighted by Gasteiger charge is -2.46. The van der Waals surface area contributed by atoms with E-state index in [-0.39, 0.29) is 0 Å². The van der Waals surface area contributed by atoms with Crippen molar-refractivity contribution in [2.75, 3.05) is 26.2 Å². The van der Waals surface area contributed by atoms with Crippen LogP contribution in [-0.2, 0) is 16.8 Å². The second-order valence-electron chi connectivity index (χ2n) is 5.41. The van der Waals surface area contributed by atoms with E-state index in [2.05, 4.69) is 16.3 Å². The van der Waals surface area contributed by atoms with Gasteiger partial charge in [0, 0.05) is 26.2 Å². The van der Waals surface area contributed by atoms with Crippen molar-refractivity contribution in [1.29, 1.82) is 0 Å². The molecule has 1 fully saturated rings. The number of carboxylic acid groups (broad SMARTS) is 1. The predicted molar refractivity (Wildman–Crippen MR) is 73.1 cm³/mol. The van der Waals surface area contributed by atoms with Gasteiger partial charge >= 0.3 is 5.97 Å². The van der Waals surface area contributed by atoms with Crippen molar-refractivity contribution in [3.8, 4) is 0 Å². The molecule has 19 heavy (non-hydrogen) atoms. The van der Waals surface area contributed by atoms with Gasteiger partial charge in [-0.05, 0) is 30.4 Å². The minimum atomic E-state index is -0.809. The van der Waals surface area contributed by atoms with Crippen LogP contribution in [0.2, 0.25) is 0 Å². The fourth-order valence-corrected chi connectivity index (χ4v) is 3.54. The Hall–Kier alpha value is -1.39. The molecule has 3 rings (SSSR count). The zero-order valence-corrected chi connectivity index (χ0v) is 11.1. The van der Waals surface area contributed by atoms with E-state index in [1.165, 1.54) is 5.56 Å². The number of rotatable bonds is 2. The Morgan fingerprint density at radius 1 is 1.26 bits per heavy atom. The SMILES string of the molecule is O=C(O)C1(N2CCNCC2)CCCc2ccccc21. The molecular weight excluding hydrogens is 240 g/mol. The third-order valence-electron chi connectivity index (χ3n) is 4.46. The molecule has 1 atom stereocenters. The quantitative estimate of drug-likeness (QED) is 0.839. The number of piperazine rings is 1. The zero-order valence-electron chi connectivity index (χ0n) is 11.1. The Bertz CT molecular complexity index is 483. The lowest BCUT2D eigenvalue weighted by molar-refractivity contribution is -0.154. The lowest BCUT2D eigenvalue weighted by Crippen LogP contribution is -2.59. The number of hydrogen-bond donors (Lipinski definition) is 2. The van der Waals surface area contributed by atoms with Gasteiger partial charge in [0.2, 0.25) is 0 Å². The molecule has 0 bridgehead atoms. The number of carboxylic acids is 1. The summed E-state index contributed by atoms with van der Waals surface area (Å²) < 4.78 is 0. The fraction of sp³-hybridized carbons (Fsp3) is 0.533. The molecule has 1 saturated heterocycles. The highest BCUT2D eigenvalue weighted by molar-refractivity contribution is 5.82. The molecule has 2 aliphatic rings. The molecule has 4 heteroatoms. The number of fused-ring (bicyclic) bond motifs is 1. The van der Waals surface area contributed by atoms with Gasteiger partial charge in [0.05, 0.1) is 0 Å². The van der Waals surface area contributed by atoms with Crippen LogP contribution in [0.1, 0.15) is 24.0 Å². The Kier molecular flexibility index (Phi) is 3.29. The molecule has 102 valence electrons. The van der Waals surface area contributed by atoms with E-state index >= 15 is 0 Å². The van der Waals surface area contributed by atoms with Crippen LogP contribution in [0.25, 0.3) is 0 Å². The third kappa shape index (κ3) is 1.95. The average Bonchev–Trinajstić information content (AvgIpc) is 2.47. The number of nitrogens with zero attached hydrogens (tertiary/aromatic N) is 1. The topological polar surface area (TPSA) is 52.6 Å². The van der Waals surface area contributed by atoms with E-state index < -0.39 is 11.5 Å². The maximum Gasteiger partial charge on any atom is 0.328 e. The number of aryl methyl sites for hydroxylation is 1. The first-order chi connectivity index (χ1) is 9.25. The van der Waals surface area contributed by atoms with Crippen molar-refractivity contribution in [3.05, 3.63) is 35.4 Å². The van der Waals surface area contributed by atoms with Crippen molar-refractivity contribution >= 4 is 5.97 Å². The highest BCUT2D eigenvalue weighted by Crippen LogP contribution is 2.40. The van der Waals surface area contributed by atoms with Crippen molar-refractivity contribution in [3.63, 3.8) is 0 Å². The molecule has 0 aromatic heterocycles. The van der Waals surface area contributed by atoms with E-state index in [4.69, 9.17) is 0 Å². The van der Waals surface area contributed by atoms with E-state index in [1.54, 1.807) is 0 Å². The Balaban J connectivity index is 2.08. The van der Waals surface area contributed by atoms with E-state index in [1.807, 2.05) is 18.2 Å². The van der Waals surface area contributed by atoms with Crippen LogP contribution in [0.4, 0.5) is 0 Å². The zero-order chi connectivity index (χ0) is 13.3. The van der Waals surface area contributed by atoms with Gasteiger partial charge in [-0.1, -0.05) is 24.3 Å². The second-order valence-corrected chi connectivity index (χ2v) is 5.41. The molecular formula is C15H20N2O2. The van der Waals surface area contributed by atoms with Gasteiger partial charge < -0.3 is 10.4 Å². The van der Waals surface area contributed by atoms with Crippen molar-refractivity contribution in [2.45, 2.75) is 24.8 Å².